The molecule has 134 valence electrons. The van der Waals surface area contributed by atoms with Crippen molar-refractivity contribution in [3.05, 3.63) is 30.0 Å². The van der Waals surface area contributed by atoms with E-state index in [1.165, 1.54) is 0 Å². The maximum absolute atomic E-state index is 12.5. The van der Waals surface area contributed by atoms with Gasteiger partial charge in [0, 0.05) is 24.6 Å². The summed E-state index contributed by atoms with van der Waals surface area (Å²) in [5.74, 6) is 0.925. The third-order valence-electron chi connectivity index (χ3n) is 4.36. The molecule has 0 unspecified atom stereocenters. The molecule has 2 aromatic rings. The van der Waals surface area contributed by atoms with Crippen molar-refractivity contribution >= 4 is 22.2 Å². The first kappa shape index (κ1) is 17.7. The van der Waals surface area contributed by atoms with E-state index in [4.69, 9.17) is 9.72 Å². The lowest BCUT2D eigenvalue weighted by Crippen LogP contribution is -2.48. The minimum atomic E-state index is -0.153. The van der Waals surface area contributed by atoms with Crippen LogP contribution < -0.4 is 15.0 Å². The highest BCUT2D eigenvalue weighted by Gasteiger charge is 2.38. The normalized spacial score (nSPS) is 16.2. The summed E-state index contributed by atoms with van der Waals surface area (Å²) in [6.07, 6.45) is 1.61. The lowest BCUT2D eigenvalue weighted by atomic mass is 10.1. The molecule has 5 nitrogen and oxygen atoms in total. The second kappa shape index (κ2) is 7.44. The molecule has 0 radical (unpaired) electrons. The number of ether oxygens (including phenoxy) is 1. The predicted octanol–water partition coefficient (Wildman–Crippen LogP) is 3.48. The number of fused-ring (bicyclic) bond motifs is 1. The summed E-state index contributed by atoms with van der Waals surface area (Å²) < 4.78 is 5.31. The number of anilines is 1. The number of hydrogen-bond donors (Lipinski definition) is 1. The van der Waals surface area contributed by atoms with Gasteiger partial charge in [0.15, 0.2) is 0 Å². The lowest BCUT2D eigenvalue weighted by Gasteiger charge is -2.29. The van der Waals surface area contributed by atoms with Gasteiger partial charge in [0.05, 0.1) is 12.8 Å². The van der Waals surface area contributed by atoms with Gasteiger partial charge in [-0.3, -0.25) is 4.79 Å². The third-order valence-corrected chi connectivity index (χ3v) is 5.52. The number of thiazole rings is 1. The summed E-state index contributed by atoms with van der Waals surface area (Å²) >= 11 is 1.65. The quantitative estimate of drug-likeness (QED) is 0.858. The first-order valence-electron chi connectivity index (χ1n) is 8.75. The van der Waals surface area contributed by atoms with E-state index >= 15 is 0 Å². The van der Waals surface area contributed by atoms with Crippen molar-refractivity contribution in [3.8, 4) is 16.3 Å². The number of carbonyl (C=O) groups excluding carboxylic acids is 1. The number of methoxy groups -OCH3 is 1. The minimum Gasteiger partial charge on any atom is -0.497 e. The Kier molecular flexibility index (Phi) is 5.27. The van der Waals surface area contributed by atoms with Crippen LogP contribution in [0, 0.1) is 0 Å². The zero-order valence-corrected chi connectivity index (χ0v) is 16.0. The van der Waals surface area contributed by atoms with E-state index in [-0.39, 0.29) is 18.0 Å². The monoisotopic (exact) mass is 359 g/mol. The van der Waals surface area contributed by atoms with Gasteiger partial charge in [-0.15, -0.1) is 0 Å². The molecule has 1 aromatic carbocycles. The maximum atomic E-state index is 12.5. The van der Waals surface area contributed by atoms with Gasteiger partial charge >= 0.3 is 0 Å². The number of nitrogens with one attached hydrogen (secondary N) is 1. The van der Waals surface area contributed by atoms with Crippen molar-refractivity contribution in [3.63, 3.8) is 0 Å². The van der Waals surface area contributed by atoms with Crippen LogP contribution in [-0.4, -0.2) is 36.6 Å². The van der Waals surface area contributed by atoms with Crippen molar-refractivity contribution in [2.75, 3.05) is 18.6 Å². The van der Waals surface area contributed by atoms with E-state index in [0.717, 1.165) is 40.0 Å². The summed E-state index contributed by atoms with van der Waals surface area (Å²) in [5.41, 5.74) is 2.07. The maximum Gasteiger partial charge on any atom is 0.243 e. The van der Waals surface area contributed by atoms with Gasteiger partial charge in [0.2, 0.25) is 5.91 Å². The number of benzene rings is 1. The van der Waals surface area contributed by atoms with E-state index in [1.54, 1.807) is 18.4 Å². The summed E-state index contributed by atoms with van der Waals surface area (Å²) in [7, 11) is 1.67. The molecule has 1 aliphatic heterocycles. The Morgan fingerprint density at radius 3 is 2.96 bits per heavy atom. The molecule has 0 saturated heterocycles. The molecule has 1 aromatic heterocycles. The SMILES string of the molecule is CCCNC(=O)[C@@H]1Cc2nc(-c3cccc(OC)c3)sc2N1C(C)C. The topological polar surface area (TPSA) is 54.5 Å². The summed E-state index contributed by atoms with van der Waals surface area (Å²) in [6, 6.07) is 8.04. The molecule has 25 heavy (non-hydrogen) atoms. The minimum absolute atomic E-state index is 0.101. The summed E-state index contributed by atoms with van der Waals surface area (Å²) in [5, 5.41) is 5.11. The van der Waals surface area contributed by atoms with Gasteiger partial charge in [0.25, 0.3) is 0 Å². The number of amides is 1. The van der Waals surface area contributed by atoms with Crippen molar-refractivity contribution in [2.45, 2.75) is 45.7 Å². The van der Waals surface area contributed by atoms with Gasteiger partial charge in [-0.25, -0.2) is 4.98 Å². The van der Waals surface area contributed by atoms with Crippen LogP contribution in [0.3, 0.4) is 0 Å². The van der Waals surface area contributed by atoms with Crippen LogP contribution in [0.4, 0.5) is 5.00 Å². The van der Waals surface area contributed by atoms with Crippen LogP contribution in [0.15, 0.2) is 24.3 Å². The summed E-state index contributed by atoms with van der Waals surface area (Å²) in [6.45, 7) is 7.03. The molecule has 1 amide bonds. The van der Waals surface area contributed by atoms with Crippen LogP contribution in [0.1, 0.15) is 32.9 Å². The fourth-order valence-corrected chi connectivity index (χ4v) is 4.43. The Morgan fingerprint density at radius 2 is 2.28 bits per heavy atom. The van der Waals surface area contributed by atoms with E-state index < -0.39 is 0 Å². The number of nitrogens with zero attached hydrogens (tertiary/aromatic N) is 2. The largest absolute Gasteiger partial charge is 0.497 e. The van der Waals surface area contributed by atoms with Crippen LogP contribution in [0.25, 0.3) is 10.6 Å². The first-order valence-corrected chi connectivity index (χ1v) is 9.57. The standard InChI is InChI=1S/C19H25N3O2S/c1-5-9-20-17(23)16-11-15-19(22(16)12(2)3)25-18(21-15)13-7-6-8-14(10-13)24-4/h6-8,10,12,16H,5,9,11H2,1-4H3,(H,20,23)/t16-/m0/s1. The second-order valence-electron chi connectivity index (χ2n) is 6.51. The Bertz CT molecular complexity index is 757. The predicted molar refractivity (Wildman–Crippen MR) is 103 cm³/mol. The zero-order valence-electron chi connectivity index (χ0n) is 15.2. The van der Waals surface area contributed by atoms with Crippen LogP contribution in [0.5, 0.6) is 5.75 Å². The molecule has 2 heterocycles. The number of rotatable bonds is 6. The number of aromatic nitrogens is 1. The molecule has 0 spiro atoms. The molecule has 1 atom stereocenters. The van der Waals surface area contributed by atoms with Crippen molar-refractivity contribution in [2.24, 2.45) is 0 Å². The fraction of sp³-hybridized carbons (Fsp3) is 0.474. The highest BCUT2D eigenvalue weighted by molar-refractivity contribution is 7.19. The Morgan fingerprint density at radius 1 is 1.48 bits per heavy atom. The van der Waals surface area contributed by atoms with Crippen molar-refractivity contribution < 1.29 is 9.53 Å². The van der Waals surface area contributed by atoms with Crippen LogP contribution in [0.2, 0.25) is 0 Å². The molecule has 0 aliphatic carbocycles. The highest BCUT2D eigenvalue weighted by atomic mass is 32.1. The lowest BCUT2D eigenvalue weighted by molar-refractivity contribution is -0.122. The zero-order chi connectivity index (χ0) is 18.0. The fourth-order valence-electron chi connectivity index (χ4n) is 3.16. The molecule has 0 bridgehead atoms. The van der Waals surface area contributed by atoms with Crippen LogP contribution in [-0.2, 0) is 11.2 Å². The molecule has 6 heteroatoms. The van der Waals surface area contributed by atoms with Crippen molar-refractivity contribution in [1.82, 2.24) is 10.3 Å². The van der Waals surface area contributed by atoms with Gasteiger partial charge in [0.1, 0.15) is 21.8 Å². The van der Waals surface area contributed by atoms with Crippen molar-refractivity contribution in [1.29, 1.82) is 0 Å². The molecule has 0 saturated carbocycles. The van der Waals surface area contributed by atoms with E-state index in [1.807, 2.05) is 24.3 Å². The molecule has 1 N–H and O–H groups in total. The molecule has 1 aliphatic rings. The van der Waals surface area contributed by atoms with E-state index in [2.05, 4.69) is 31.0 Å². The molecule has 3 rings (SSSR count). The Balaban J connectivity index is 1.88. The Hall–Kier alpha value is -2.08. The average molecular weight is 359 g/mol. The van der Waals surface area contributed by atoms with E-state index in [9.17, 15) is 4.79 Å². The molecule has 0 fully saturated rings. The highest BCUT2D eigenvalue weighted by Crippen LogP contribution is 2.42. The number of carbonyl (C=O) groups is 1. The molecular weight excluding hydrogens is 334 g/mol. The van der Waals surface area contributed by atoms with Crippen LogP contribution >= 0.6 is 11.3 Å². The van der Waals surface area contributed by atoms with E-state index in [0.29, 0.717) is 6.42 Å². The smallest absolute Gasteiger partial charge is 0.243 e. The number of hydrogen-bond acceptors (Lipinski definition) is 5. The Labute approximate surface area is 153 Å². The van der Waals surface area contributed by atoms with Gasteiger partial charge < -0.3 is 15.0 Å². The first-order chi connectivity index (χ1) is 12.0. The van der Waals surface area contributed by atoms with Gasteiger partial charge in [-0.05, 0) is 32.4 Å². The second-order valence-corrected chi connectivity index (χ2v) is 7.49. The van der Waals surface area contributed by atoms with Gasteiger partial charge in [-0.1, -0.05) is 30.4 Å². The van der Waals surface area contributed by atoms with Gasteiger partial charge in [-0.2, -0.15) is 0 Å². The molecular formula is C19H25N3O2S. The summed E-state index contributed by atoms with van der Waals surface area (Å²) in [4.78, 5) is 19.6. The average Bonchev–Trinajstić information content (AvgIpc) is 3.17. The third kappa shape index (κ3) is 3.49.